The third-order valence-electron chi connectivity index (χ3n) is 5.58. The number of hydrogen-bond acceptors (Lipinski definition) is 4. The summed E-state index contributed by atoms with van der Waals surface area (Å²) in [6.07, 6.45) is 0.963. The first-order chi connectivity index (χ1) is 13.6. The molecular formula is C22H26N4O2. The molecule has 0 aliphatic carbocycles. The fourth-order valence-corrected chi connectivity index (χ4v) is 3.91. The van der Waals surface area contributed by atoms with E-state index in [0.29, 0.717) is 5.69 Å². The van der Waals surface area contributed by atoms with Crippen molar-refractivity contribution in [2.24, 2.45) is 0 Å². The molecule has 2 aromatic carbocycles. The molecule has 0 atom stereocenters. The van der Waals surface area contributed by atoms with E-state index in [2.05, 4.69) is 46.3 Å². The van der Waals surface area contributed by atoms with Gasteiger partial charge in [-0.15, -0.1) is 0 Å². The van der Waals surface area contributed by atoms with Gasteiger partial charge in [0.1, 0.15) is 0 Å². The molecule has 2 saturated heterocycles. The molecular weight excluding hydrogens is 352 g/mol. The molecule has 2 aromatic rings. The van der Waals surface area contributed by atoms with Crippen LogP contribution in [0.3, 0.4) is 0 Å². The molecule has 2 aliphatic rings. The zero-order valence-corrected chi connectivity index (χ0v) is 16.2. The Kier molecular flexibility index (Phi) is 5.30. The van der Waals surface area contributed by atoms with Crippen LogP contribution in [-0.4, -0.2) is 56.1 Å². The van der Waals surface area contributed by atoms with Gasteiger partial charge in [0, 0.05) is 38.4 Å². The quantitative estimate of drug-likeness (QED) is 0.812. The molecule has 6 heteroatoms. The van der Waals surface area contributed by atoms with Crippen molar-refractivity contribution in [1.82, 2.24) is 10.2 Å². The predicted molar refractivity (Wildman–Crippen MR) is 111 cm³/mol. The summed E-state index contributed by atoms with van der Waals surface area (Å²) >= 11 is 0. The van der Waals surface area contributed by atoms with Crippen LogP contribution in [0.25, 0.3) is 0 Å². The van der Waals surface area contributed by atoms with Crippen LogP contribution < -0.4 is 15.1 Å². The Morgan fingerprint density at radius 3 is 2.29 bits per heavy atom. The van der Waals surface area contributed by atoms with Gasteiger partial charge in [-0.25, -0.2) is 9.69 Å². The maximum atomic E-state index is 11.8. The lowest BCUT2D eigenvalue weighted by molar-refractivity contribution is -0.115. The summed E-state index contributed by atoms with van der Waals surface area (Å²) in [5.74, 6) is -0.204. The van der Waals surface area contributed by atoms with Gasteiger partial charge in [-0.2, -0.15) is 0 Å². The highest BCUT2D eigenvalue weighted by Crippen LogP contribution is 2.21. The van der Waals surface area contributed by atoms with E-state index in [0.717, 1.165) is 39.1 Å². The molecule has 0 saturated carbocycles. The highest BCUT2D eigenvalue weighted by molar-refractivity contribution is 6.19. The van der Waals surface area contributed by atoms with E-state index in [1.807, 2.05) is 24.3 Å². The van der Waals surface area contributed by atoms with E-state index in [1.165, 1.54) is 21.7 Å². The molecule has 0 radical (unpaired) electrons. The fraction of sp³-hybridized carbons (Fsp3) is 0.364. The first-order valence-corrected chi connectivity index (χ1v) is 9.84. The van der Waals surface area contributed by atoms with Crippen molar-refractivity contribution in [2.75, 3.05) is 49.1 Å². The minimum atomic E-state index is -0.343. The highest BCUT2D eigenvalue weighted by Gasteiger charge is 2.29. The fourth-order valence-electron chi connectivity index (χ4n) is 3.91. The molecule has 1 N–H and O–H groups in total. The Balaban J connectivity index is 1.28. The number of carbonyl (C=O) groups excluding carboxylic acids is 2. The van der Waals surface area contributed by atoms with Crippen molar-refractivity contribution >= 4 is 23.3 Å². The van der Waals surface area contributed by atoms with Crippen LogP contribution in [-0.2, 0) is 11.2 Å². The number of piperazine rings is 1. The van der Waals surface area contributed by atoms with E-state index in [1.54, 1.807) is 0 Å². The number of carbonyl (C=O) groups is 2. The van der Waals surface area contributed by atoms with E-state index in [4.69, 9.17) is 0 Å². The van der Waals surface area contributed by atoms with Crippen molar-refractivity contribution in [3.8, 4) is 0 Å². The van der Waals surface area contributed by atoms with Gasteiger partial charge in [0.2, 0.25) is 0 Å². The number of rotatable bonds is 5. The van der Waals surface area contributed by atoms with Crippen LogP contribution in [0.5, 0.6) is 0 Å². The number of para-hydroxylation sites is 1. The van der Waals surface area contributed by atoms with Crippen molar-refractivity contribution in [1.29, 1.82) is 0 Å². The molecule has 28 heavy (non-hydrogen) atoms. The Morgan fingerprint density at radius 1 is 0.929 bits per heavy atom. The first kappa shape index (κ1) is 18.5. The van der Waals surface area contributed by atoms with Crippen LogP contribution in [0.2, 0.25) is 0 Å². The topological polar surface area (TPSA) is 55.9 Å². The number of amides is 3. The second kappa shape index (κ2) is 8.02. The normalized spacial score (nSPS) is 17.9. The maximum Gasteiger partial charge on any atom is 0.329 e. The standard InChI is InChI=1S/C22H26N4O2/c1-17-4-2-3-5-20(17)25-14-12-24(13-15-25)11-10-18-6-8-19(9-7-18)26-21(27)16-23-22(26)28/h2-9H,10-16H2,1H3,(H,23,28). The van der Waals surface area contributed by atoms with Crippen LogP contribution in [0.4, 0.5) is 16.2 Å². The Hall–Kier alpha value is -2.86. The number of nitrogens with zero attached hydrogens (tertiary/aromatic N) is 3. The van der Waals surface area contributed by atoms with Crippen molar-refractivity contribution < 1.29 is 9.59 Å². The number of urea groups is 1. The molecule has 0 unspecified atom stereocenters. The minimum absolute atomic E-state index is 0.0784. The monoisotopic (exact) mass is 378 g/mol. The Morgan fingerprint density at radius 2 is 1.64 bits per heavy atom. The van der Waals surface area contributed by atoms with Gasteiger partial charge in [-0.1, -0.05) is 30.3 Å². The SMILES string of the molecule is Cc1ccccc1N1CCN(CCc2ccc(N3C(=O)CNC3=O)cc2)CC1. The number of benzene rings is 2. The lowest BCUT2D eigenvalue weighted by Crippen LogP contribution is -2.47. The van der Waals surface area contributed by atoms with Crippen LogP contribution in [0.15, 0.2) is 48.5 Å². The summed E-state index contributed by atoms with van der Waals surface area (Å²) in [4.78, 5) is 29.7. The van der Waals surface area contributed by atoms with Crippen LogP contribution in [0, 0.1) is 6.92 Å². The minimum Gasteiger partial charge on any atom is -0.369 e. The number of anilines is 2. The average molecular weight is 378 g/mol. The van der Waals surface area contributed by atoms with Gasteiger partial charge >= 0.3 is 6.03 Å². The van der Waals surface area contributed by atoms with Gasteiger partial charge < -0.3 is 10.2 Å². The summed E-state index contributed by atoms with van der Waals surface area (Å²) in [5.41, 5.74) is 4.53. The number of imide groups is 1. The molecule has 0 bridgehead atoms. The van der Waals surface area contributed by atoms with E-state index in [9.17, 15) is 9.59 Å². The van der Waals surface area contributed by atoms with Crippen LogP contribution >= 0.6 is 0 Å². The number of aryl methyl sites for hydroxylation is 1. The molecule has 146 valence electrons. The Labute approximate surface area is 165 Å². The third-order valence-corrected chi connectivity index (χ3v) is 5.58. The van der Waals surface area contributed by atoms with E-state index in [-0.39, 0.29) is 18.5 Å². The van der Waals surface area contributed by atoms with Gasteiger partial charge in [0.15, 0.2) is 0 Å². The molecule has 6 nitrogen and oxygen atoms in total. The average Bonchev–Trinajstić information content (AvgIpc) is 3.06. The second-order valence-corrected chi connectivity index (χ2v) is 7.42. The smallest absolute Gasteiger partial charge is 0.329 e. The first-order valence-electron chi connectivity index (χ1n) is 9.84. The number of hydrogen-bond donors (Lipinski definition) is 1. The molecule has 2 fully saturated rings. The van der Waals surface area contributed by atoms with E-state index < -0.39 is 0 Å². The van der Waals surface area contributed by atoms with Crippen molar-refractivity contribution in [3.05, 3.63) is 59.7 Å². The Bertz CT molecular complexity index is 841. The highest BCUT2D eigenvalue weighted by atomic mass is 16.2. The summed E-state index contributed by atoms with van der Waals surface area (Å²) in [5, 5.41) is 2.55. The van der Waals surface area contributed by atoms with Gasteiger partial charge in [0.25, 0.3) is 5.91 Å². The van der Waals surface area contributed by atoms with Crippen LogP contribution in [0.1, 0.15) is 11.1 Å². The summed E-state index contributed by atoms with van der Waals surface area (Å²) in [6.45, 7) is 7.50. The van der Waals surface area contributed by atoms with E-state index >= 15 is 0 Å². The van der Waals surface area contributed by atoms with Crippen molar-refractivity contribution in [2.45, 2.75) is 13.3 Å². The lowest BCUT2D eigenvalue weighted by atomic mass is 10.1. The molecule has 0 aromatic heterocycles. The summed E-state index contributed by atoms with van der Waals surface area (Å²) in [7, 11) is 0. The second-order valence-electron chi connectivity index (χ2n) is 7.42. The van der Waals surface area contributed by atoms with Gasteiger partial charge in [0.05, 0.1) is 12.2 Å². The molecule has 2 heterocycles. The lowest BCUT2D eigenvalue weighted by Gasteiger charge is -2.36. The number of nitrogens with one attached hydrogen (secondary N) is 1. The maximum absolute atomic E-state index is 11.8. The zero-order chi connectivity index (χ0) is 19.5. The van der Waals surface area contributed by atoms with Gasteiger partial charge in [-0.05, 0) is 42.7 Å². The summed E-state index contributed by atoms with van der Waals surface area (Å²) in [6, 6.07) is 16.0. The molecule has 3 amide bonds. The molecule has 4 rings (SSSR count). The van der Waals surface area contributed by atoms with Gasteiger partial charge in [-0.3, -0.25) is 9.69 Å². The molecule has 0 spiro atoms. The molecule has 2 aliphatic heterocycles. The predicted octanol–water partition coefficient (Wildman–Crippen LogP) is 2.42. The summed E-state index contributed by atoms with van der Waals surface area (Å²) < 4.78 is 0. The third kappa shape index (κ3) is 3.87. The largest absolute Gasteiger partial charge is 0.369 e. The van der Waals surface area contributed by atoms with Crippen molar-refractivity contribution in [3.63, 3.8) is 0 Å². The zero-order valence-electron chi connectivity index (χ0n) is 16.2.